The number of carbonyl (C=O) groups excluding carboxylic acids is 1. The Bertz CT molecular complexity index is 496. The highest BCUT2D eigenvalue weighted by molar-refractivity contribution is 7.99. The first kappa shape index (κ1) is 13.7. The maximum absolute atomic E-state index is 13.3. The van der Waals surface area contributed by atoms with E-state index in [2.05, 4.69) is 0 Å². The summed E-state index contributed by atoms with van der Waals surface area (Å²) >= 11 is 1.37. The van der Waals surface area contributed by atoms with E-state index in [-0.39, 0.29) is 12.4 Å². The molecule has 1 aromatic rings. The summed E-state index contributed by atoms with van der Waals surface area (Å²) in [4.78, 5) is 24.0. The van der Waals surface area contributed by atoms with Crippen LogP contribution in [0.2, 0.25) is 0 Å². The molecular weight excluding hydrogens is 273 g/mol. The van der Waals surface area contributed by atoms with E-state index in [9.17, 15) is 14.0 Å². The average molecular weight is 285 g/mol. The predicted molar refractivity (Wildman–Crippen MR) is 67.5 cm³/mol. The minimum Gasteiger partial charge on any atom is -0.481 e. The Kier molecular flexibility index (Phi) is 4.26. The third-order valence-corrected chi connectivity index (χ3v) is 3.69. The lowest BCUT2D eigenvalue weighted by molar-refractivity contribution is -0.148. The van der Waals surface area contributed by atoms with Crippen LogP contribution in [0.5, 0.6) is 5.75 Å². The molecule has 1 amide bonds. The van der Waals surface area contributed by atoms with Gasteiger partial charge in [0.2, 0.25) is 0 Å². The van der Waals surface area contributed by atoms with Gasteiger partial charge < -0.3 is 14.7 Å². The molecule has 1 fully saturated rings. The number of halogens is 1. The molecule has 0 bridgehead atoms. The SMILES string of the molecule is O=C(O)[C@@H]1CSCN1C(=O)COc1ccccc1F. The summed E-state index contributed by atoms with van der Waals surface area (Å²) < 4.78 is 18.3. The number of amides is 1. The number of hydrogen-bond donors (Lipinski definition) is 1. The Balaban J connectivity index is 1.95. The van der Waals surface area contributed by atoms with E-state index in [0.29, 0.717) is 11.6 Å². The van der Waals surface area contributed by atoms with Gasteiger partial charge in [-0.1, -0.05) is 12.1 Å². The summed E-state index contributed by atoms with van der Waals surface area (Å²) in [6.45, 7) is -0.370. The second-order valence-electron chi connectivity index (χ2n) is 3.94. The highest BCUT2D eigenvalue weighted by atomic mass is 32.2. The van der Waals surface area contributed by atoms with E-state index in [4.69, 9.17) is 9.84 Å². The predicted octanol–water partition coefficient (Wildman–Crippen LogP) is 1.19. The monoisotopic (exact) mass is 285 g/mol. The van der Waals surface area contributed by atoms with Crippen molar-refractivity contribution in [1.29, 1.82) is 0 Å². The van der Waals surface area contributed by atoms with Crippen LogP contribution in [-0.2, 0) is 9.59 Å². The number of rotatable bonds is 4. The number of carboxylic acid groups (broad SMARTS) is 1. The van der Waals surface area contributed by atoms with Crippen LogP contribution in [0, 0.1) is 5.82 Å². The highest BCUT2D eigenvalue weighted by Crippen LogP contribution is 2.22. The Labute approximate surface area is 113 Å². The molecule has 1 heterocycles. The number of aliphatic carboxylic acids is 1. The van der Waals surface area contributed by atoms with E-state index in [1.165, 1.54) is 34.9 Å². The van der Waals surface area contributed by atoms with Crippen LogP contribution in [0.3, 0.4) is 0 Å². The first-order valence-electron chi connectivity index (χ1n) is 5.57. The first-order valence-corrected chi connectivity index (χ1v) is 6.72. The quantitative estimate of drug-likeness (QED) is 0.900. The molecular formula is C12H12FNO4S. The summed E-state index contributed by atoms with van der Waals surface area (Å²) in [5.74, 6) is -1.39. The summed E-state index contributed by atoms with van der Waals surface area (Å²) in [5.41, 5.74) is 0. The van der Waals surface area contributed by atoms with Crippen LogP contribution < -0.4 is 4.74 Å². The maximum Gasteiger partial charge on any atom is 0.327 e. The van der Waals surface area contributed by atoms with Crippen LogP contribution in [0.25, 0.3) is 0 Å². The van der Waals surface area contributed by atoms with Crippen molar-refractivity contribution in [3.8, 4) is 5.75 Å². The third-order valence-electron chi connectivity index (χ3n) is 2.68. The number of nitrogens with zero attached hydrogens (tertiary/aromatic N) is 1. The molecule has 102 valence electrons. The molecule has 0 unspecified atom stereocenters. The number of para-hydroxylation sites is 1. The molecule has 1 saturated heterocycles. The molecule has 1 aliphatic heterocycles. The molecule has 0 saturated carbocycles. The largest absolute Gasteiger partial charge is 0.481 e. The Morgan fingerprint density at radius 1 is 1.47 bits per heavy atom. The Morgan fingerprint density at radius 2 is 2.21 bits per heavy atom. The summed E-state index contributed by atoms with van der Waals surface area (Å²) in [6.07, 6.45) is 0. The number of thioether (sulfide) groups is 1. The van der Waals surface area contributed by atoms with Gasteiger partial charge in [-0.25, -0.2) is 9.18 Å². The second kappa shape index (κ2) is 5.92. The Hall–Kier alpha value is -1.76. The summed E-state index contributed by atoms with van der Waals surface area (Å²) in [7, 11) is 0. The van der Waals surface area contributed by atoms with Gasteiger partial charge in [-0.3, -0.25) is 4.79 Å². The average Bonchev–Trinajstić information content (AvgIpc) is 2.87. The van der Waals surface area contributed by atoms with Crippen LogP contribution in [0.1, 0.15) is 0 Å². The van der Waals surface area contributed by atoms with E-state index in [1.807, 2.05) is 0 Å². The van der Waals surface area contributed by atoms with Crippen molar-refractivity contribution >= 4 is 23.6 Å². The standard InChI is InChI=1S/C12H12FNO4S/c13-8-3-1-2-4-10(8)18-5-11(15)14-7-19-6-9(14)12(16)17/h1-4,9H,5-7H2,(H,16,17)/t9-/m0/s1. The van der Waals surface area contributed by atoms with Crippen molar-refractivity contribution in [1.82, 2.24) is 4.90 Å². The number of benzene rings is 1. The zero-order valence-electron chi connectivity index (χ0n) is 9.91. The van der Waals surface area contributed by atoms with Crippen molar-refractivity contribution in [2.45, 2.75) is 6.04 Å². The van der Waals surface area contributed by atoms with Crippen LogP contribution in [0.15, 0.2) is 24.3 Å². The van der Waals surface area contributed by atoms with Gasteiger partial charge in [-0.2, -0.15) is 0 Å². The minimum absolute atomic E-state index is 0.0189. The van der Waals surface area contributed by atoms with Crippen LogP contribution in [0.4, 0.5) is 4.39 Å². The van der Waals surface area contributed by atoms with E-state index in [0.717, 1.165) is 0 Å². The fourth-order valence-electron chi connectivity index (χ4n) is 1.68. The van der Waals surface area contributed by atoms with Crippen molar-refractivity contribution in [2.24, 2.45) is 0 Å². The van der Waals surface area contributed by atoms with Gasteiger partial charge in [0.25, 0.3) is 5.91 Å². The van der Waals surface area contributed by atoms with Crippen LogP contribution in [-0.4, -0.2) is 46.2 Å². The maximum atomic E-state index is 13.3. The van der Waals surface area contributed by atoms with Gasteiger partial charge in [0.15, 0.2) is 18.2 Å². The lowest BCUT2D eigenvalue weighted by atomic mass is 10.3. The smallest absolute Gasteiger partial charge is 0.327 e. The molecule has 5 nitrogen and oxygen atoms in total. The summed E-state index contributed by atoms with van der Waals surface area (Å²) in [6, 6.07) is 4.92. The number of carboxylic acids is 1. The topological polar surface area (TPSA) is 66.8 Å². The van der Waals surface area contributed by atoms with Crippen molar-refractivity contribution in [3.05, 3.63) is 30.1 Å². The van der Waals surface area contributed by atoms with Crippen molar-refractivity contribution in [3.63, 3.8) is 0 Å². The number of ether oxygens (including phenoxy) is 1. The Morgan fingerprint density at radius 3 is 2.89 bits per heavy atom. The first-order chi connectivity index (χ1) is 9.09. The van der Waals surface area contributed by atoms with Gasteiger partial charge in [0.1, 0.15) is 6.04 Å². The molecule has 1 aliphatic rings. The van der Waals surface area contributed by atoms with E-state index >= 15 is 0 Å². The lowest BCUT2D eigenvalue weighted by Gasteiger charge is -2.20. The molecule has 1 atom stereocenters. The molecule has 1 aromatic carbocycles. The number of hydrogen-bond acceptors (Lipinski definition) is 4. The van der Waals surface area contributed by atoms with E-state index in [1.54, 1.807) is 6.07 Å². The second-order valence-corrected chi connectivity index (χ2v) is 4.94. The molecule has 0 aliphatic carbocycles. The molecule has 0 aromatic heterocycles. The zero-order chi connectivity index (χ0) is 13.8. The molecule has 0 radical (unpaired) electrons. The molecule has 0 spiro atoms. The summed E-state index contributed by atoms with van der Waals surface area (Å²) in [5, 5.41) is 8.95. The van der Waals surface area contributed by atoms with Gasteiger partial charge in [0.05, 0.1) is 5.88 Å². The number of carbonyl (C=O) groups is 2. The zero-order valence-corrected chi connectivity index (χ0v) is 10.7. The van der Waals surface area contributed by atoms with Gasteiger partial charge in [0, 0.05) is 5.75 Å². The van der Waals surface area contributed by atoms with E-state index < -0.39 is 23.7 Å². The normalized spacial score (nSPS) is 18.4. The fraction of sp³-hybridized carbons (Fsp3) is 0.333. The fourth-order valence-corrected chi connectivity index (χ4v) is 2.85. The third kappa shape index (κ3) is 3.17. The molecule has 19 heavy (non-hydrogen) atoms. The minimum atomic E-state index is -1.04. The van der Waals surface area contributed by atoms with Crippen molar-refractivity contribution in [2.75, 3.05) is 18.2 Å². The van der Waals surface area contributed by atoms with Crippen molar-refractivity contribution < 1.29 is 23.8 Å². The molecule has 7 heteroatoms. The van der Waals surface area contributed by atoms with Gasteiger partial charge in [-0.05, 0) is 12.1 Å². The van der Waals surface area contributed by atoms with Crippen LogP contribution >= 0.6 is 11.8 Å². The molecule has 1 N–H and O–H groups in total. The highest BCUT2D eigenvalue weighted by Gasteiger charge is 2.34. The van der Waals surface area contributed by atoms with Gasteiger partial charge in [-0.15, -0.1) is 11.8 Å². The lowest BCUT2D eigenvalue weighted by Crippen LogP contribution is -2.43. The van der Waals surface area contributed by atoms with Gasteiger partial charge >= 0.3 is 5.97 Å². The molecule has 2 rings (SSSR count).